The number of aliphatic hydroxyl groups excluding tert-OH is 3. The number of hydrogen-bond acceptors (Lipinski definition) is 5. The average Bonchev–Trinajstić information content (AvgIpc) is 2.46. The summed E-state index contributed by atoms with van der Waals surface area (Å²) >= 11 is 0. The maximum absolute atomic E-state index is 12.0. The summed E-state index contributed by atoms with van der Waals surface area (Å²) in [4.78, 5) is 11.8. The summed E-state index contributed by atoms with van der Waals surface area (Å²) in [5.74, 6) is -0.556. The molecule has 0 aliphatic rings. The zero-order valence-electron chi connectivity index (χ0n) is 11.1. The highest BCUT2D eigenvalue weighted by Crippen LogP contribution is 2.15. The minimum Gasteiger partial charge on any atom is -0.435 e. The molecule has 118 valence electrons. The molecule has 0 bridgehead atoms. The molecule has 0 aliphatic carbocycles. The molecule has 1 aromatic rings. The molecule has 0 saturated heterocycles. The molecule has 0 unspecified atom stereocenters. The van der Waals surface area contributed by atoms with Crippen molar-refractivity contribution in [3.8, 4) is 5.75 Å². The van der Waals surface area contributed by atoms with Crippen molar-refractivity contribution in [3.63, 3.8) is 0 Å². The summed E-state index contributed by atoms with van der Waals surface area (Å²) in [5.41, 5.74) is -0.965. The van der Waals surface area contributed by atoms with Gasteiger partial charge in [0.2, 0.25) is 5.91 Å². The Morgan fingerprint density at radius 1 is 1.14 bits per heavy atom. The molecule has 0 fully saturated rings. The number of rotatable bonds is 8. The van der Waals surface area contributed by atoms with E-state index in [2.05, 4.69) is 10.1 Å². The summed E-state index contributed by atoms with van der Waals surface area (Å²) < 4.78 is 28.1. The van der Waals surface area contributed by atoms with Gasteiger partial charge in [0.15, 0.2) is 0 Å². The van der Waals surface area contributed by atoms with Crippen LogP contribution in [0.3, 0.4) is 0 Å². The van der Waals surface area contributed by atoms with E-state index in [0.29, 0.717) is 5.56 Å². The molecule has 21 heavy (non-hydrogen) atoms. The van der Waals surface area contributed by atoms with Crippen molar-refractivity contribution < 1.29 is 33.6 Å². The van der Waals surface area contributed by atoms with Gasteiger partial charge in [0, 0.05) is 0 Å². The number of carbonyl (C=O) groups is 1. The van der Waals surface area contributed by atoms with Crippen LogP contribution in [-0.2, 0) is 11.2 Å². The summed E-state index contributed by atoms with van der Waals surface area (Å²) in [6.45, 7) is -4.77. The van der Waals surface area contributed by atoms with Gasteiger partial charge in [-0.2, -0.15) is 8.78 Å². The third-order valence-corrected chi connectivity index (χ3v) is 2.83. The van der Waals surface area contributed by atoms with Gasteiger partial charge in [-0.1, -0.05) is 12.1 Å². The van der Waals surface area contributed by atoms with E-state index in [1.54, 1.807) is 0 Å². The molecule has 0 aliphatic heterocycles. The van der Waals surface area contributed by atoms with E-state index < -0.39 is 37.9 Å². The predicted octanol–water partition coefficient (Wildman–Crippen LogP) is -0.338. The highest BCUT2D eigenvalue weighted by molar-refractivity contribution is 5.79. The number of halogens is 2. The highest BCUT2D eigenvalue weighted by atomic mass is 19.3. The summed E-state index contributed by atoms with van der Waals surface area (Å²) in [7, 11) is 0. The van der Waals surface area contributed by atoms with Crippen LogP contribution in [0, 0.1) is 0 Å². The van der Waals surface area contributed by atoms with Crippen molar-refractivity contribution in [2.75, 3.05) is 19.8 Å². The van der Waals surface area contributed by atoms with E-state index in [-0.39, 0.29) is 12.2 Å². The van der Waals surface area contributed by atoms with Gasteiger partial charge < -0.3 is 25.4 Å². The van der Waals surface area contributed by atoms with Gasteiger partial charge in [-0.25, -0.2) is 0 Å². The number of benzene rings is 1. The molecule has 1 amide bonds. The Hall–Kier alpha value is -1.77. The Bertz CT molecular complexity index is 440. The summed E-state index contributed by atoms with van der Waals surface area (Å²) in [5, 5.41) is 29.6. The molecule has 0 radical (unpaired) electrons. The average molecular weight is 305 g/mol. The monoisotopic (exact) mass is 305 g/mol. The Balaban J connectivity index is 2.62. The predicted molar refractivity (Wildman–Crippen MR) is 68.9 cm³/mol. The lowest BCUT2D eigenvalue weighted by atomic mass is 10.0. The fourth-order valence-electron chi connectivity index (χ4n) is 1.58. The number of amides is 1. The first-order valence-electron chi connectivity index (χ1n) is 6.12. The second-order valence-electron chi connectivity index (χ2n) is 4.50. The summed E-state index contributed by atoms with van der Waals surface area (Å²) in [6.07, 6.45) is -0.100. The second-order valence-corrected chi connectivity index (χ2v) is 4.50. The maximum atomic E-state index is 12.0. The van der Waals surface area contributed by atoms with Crippen LogP contribution in [0.1, 0.15) is 5.56 Å². The van der Waals surface area contributed by atoms with Gasteiger partial charge in [-0.05, 0) is 17.7 Å². The van der Waals surface area contributed by atoms with Gasteiger partial charge in [0.05, 0.1) is 26.2 Å². The molecule has 0 heterocycles. The normalized spacial score (nSPS) is 11.5. The van der Waals surface area contributed by atoms with Crippen molar-refractivity contribution in [2.24, 2.45) is 0 Å². The molecule has 0 atom stereocenters. The van der Waals surface area contributed by atoms with E-state index in [9.17, 15) is 13.6 Å². The van der Waals surface area contributed by atoms with Gasteiger partial charge in [0.25, 0.3) is 0 Å². The third-order valence-electron chi connectivity index (χ3n) is 2.83. The van der Waals surface area contributed by atoms with Crippen LogP contribution < -0.4 is 10.1 Å². The largest absolute Gasteiger partial charge is 0.435 e. The quantitative estimate of drug-likeness (QED) is 0.527. The Kier molecular flexibility index (Phi) is 6.47. The maximum Gasteiger partial charge on any atom is 0.387 e. The topological polar surface area (TPSA) is 99.0 Å². The van der Waals surface area contributed by atoms with Gasteiger partial charge in [0.1, 0.15) is 11.3 Å². The molecule has 1 aromatic carbocycles. The van der Waals surface area contributed by atoms with Crippen molar-refractivity contribution in [1.29, 1.82) is 0 Å². The zero-order chi connectivity index (χ0) is 15.9. The highest BCUT2D eigenvalue weighted by Gasteiger charge is 2.29. The Labute approximate surface area is 120 Å². The van der Waals surface area contributed by atoms with Crippen molar-refractivity contribution in [1.82, 2.24) is 5.32 Å². The van der Waals surface area contributed by atoms with Crippen LogP contribution in [0.2, 0.25) is 0 Å². The molecular formula is C13H17F2NO5. The molecule has 1 rings (SSSR count). The van der Waals surface area contributed by atoms with E-state index >= 15 is 0 Å². The smallest absolute Gasteiger partial charge is 0.387 e. The second kappa shape index (κ2) is 7.87. The van der Waals surface area contributed by atoms with Crippen LogP contribution in [0.5, 0.6) is 5.75 Å². The zero-order valence-corrected chi connectivity index (χ0v) is 11.1. The molecular weight excluding hydrogens is 288 g/mol. The lowest BCUT2D eigenvalue weighted by Crippen LogP contribution is -2.57. The number of ether oxygens (including phenoxy) is 1. The lowest BCUT2D eigenvalue weighted by molar-refractivity contribution is -0.124. The molecule has 6 nitrogen and oxygen atoms in total. The van der Waals surface area contributed by atoms with Crippen LogP contribution in [0.4, 0.5) is 8.78 Å². The first kappa shape index (κ1) is 17.3. The van der Waals surface area contributed by atoms with Gasteiger partial charge >= 0.3 is 6.61 Å². The first-order valence-corrected chi connectivity index (χ1v) is 6.12. The van der Waals surface area contributed by atoms with Crippen molar-refractivity contribution >= 4 is 5.91 Å². The van der Waals surface area contributed by atoms with E-state index in [1.165, 1.54) is 24.3 Å². The fourth-order valence-corrected chi connectivity index (χ4v) is 1.58. The third kappa shape index (κ3) is 5.25. The first-order chi connectivity index (χ1) is 9.94. The minimum atomic E-state index is -2.92. The number of alkyl halides is 2. The molecule has 0 saturated carbocycles. The van der Waals surface area contributed by atoms with Crippen LogP contribution in [-0.4, -0.2) is 53.2 Å². The molecule has 0 aromatic heterocycles. The number of nitrogens with one attached hydrogen (secondary N) is 1. The van der Waals surface area contributed by atoms with E-state index in [4.69, 9.17) is 15.3 Å². The fraction of sp³-hybridized carbons (Fsp3) is 0.462. The Morgan fingerprint density at radius 3 is 2.10 bits per heavy atom. The van der Waals surface area contributed by atoms with E-state index in [1.807, 2.05) is 0 Å². The lowest BCUT2D eigenvalue weighted by Gasteiger charge is -2.28. The molecule has 4 N–H and O–H groups in total. The van der Waals surface area contributed by atoms with Crippen LogP contribution in [0.25, 0.3) is 0 Å². The standard InChI is InChI=1S/C13H17F2NO5/c14-12(15)21-10-3-1-9(2-4-10)5-11(20)16-13(6-17,7-18)8-19/h1-4,12,17-19H,5-8H2,(H,16,20). The van der Waals surface area contributed by atoms with Crippen LogP contribution in [0.15, 0.2) is 24.3 Å². The SMILES string of the molecule is O=C(Cc1ccc(OC(F)F)cc1)NC(CO)(CO)CO. The van der Waals surface area contributed by atoms with Crippen molar-refractivity contribution in [3.05, 3.63) is 29.8 Å². The summed E-state index contributed by atoms with van der Waals surface area (Å²) in [6, 6.07) is 5.48. The number of hydrogen-bond donors (Lipinski definition) is 4. The van der Waals surface area contributed by atoms with Crippen molar-refractivity contribution in [2.45, 2.75) is 18.6 Å². The van der Waals surface area contributed by atoms with Crippen LogP contribution >= 0.6 is 0 Å². The molecule has 0 spiro atoms. The van der Waals surface area contributed by atoms with Gasteiger partial charge in [-0.15, -0.1) is 0 Å². The number of aliphatic hydroxyl groups is 3. The van der Waals surface area contributed by atoms with Gasteiger partial charge in [-0.3, -0.25) is 4.79 Å². The Morgan fingerprint density at radius 2 is 1.67 bits per heavy atom. The number of carbonyl (C=O) groups excluding carboxylic acids is 1. The van der Waals surface area contributed by atoms with E-state index in [0.717, 1.165) is 0 Å². The minimum absolute atomic E-state index is 0.0235. The molecule has 8 heteroatoms.